The minimum Gasteiger partial charge on any atom is -0.365 e. The Labute approximate surface area is 114 Å². The second kappa shape index (κ2) is 5.80. The number of aromatic nitrogens is 2. The fraction of sp³-hybridized carbons (Fsp3) is 0.333. The Hall–Kier alpha value is -1.94. The van der Waals surface area contributed by atoms with Crippen molar-refractivity contribution in [2.45, 2.75) is 26.8 Å². The molecule has 1 heterocycles. The summed E-state index contributed by atoms with van der Waals surface area (Å²) in [4.78, 5) is 0. The maximum atomic E-state index is 5.57. The van der Waals surface area contributed by atoms with Crippen molar-refractivity contribution >= 4 is 5.82 Å². The molecule has 0 aliphatic carbocycles. The summed E-state index contributed by atoms with van der Waals surface area (Å²) in [5.41, 5.74) is 10.0. The van der Waals surface area contributed by atoms with E-state index in [0.29, 0.717) is 6.54 Å². The van der Waals surface area contributed by atoms with Gasteiger partial charge in [0.15, 0.2) is 0 Å². The molecule has 19 heavy (non-hydrogen) atoms. The van der Waals surface area contributed by atoms with E-state index in [2.05, 4.69) is 47.6 Å². The highest BCUT2D eigenvalue weighted by atomic mass is 15.2. The molecular weight excluding hydrogens is 236 g/mol. The van der Waals surface area contributed by atoms with Gasteiger partial charge in [0.25, 0.3) is 0 Å². The molecule has 4 heteroatoms. The topological polar surface area (TPSA) is 63.8 Å². The van der Waals surface area contributed by atoms with Crippen molar-refractivity contribution in [1.82, 2.24) is 10.2 Å². The molecule has 0 fully saturated rings. The van der Waals surface area contributed by atoms with Crippen LogP contribution in [0.2, 0.25) is 0 Å². The maximum Gasteiger partial charge on any atom is 0.148 e. The van der Waals surface area contributed by atoms with E-state index in [0.717, 1.165) is 17.1 Å². The molecule has 0 saturated carbocycles. The number of anilines is 1. The van der Waals surface area contributed by atoms with Crippen molar-refractivity contribution in [1.29, 1.82) is 0 Å². The Morgan fingerprint density at radius 1 is 1.16 bits per heavy atom. The minimum absolute atomic E-state index is 0.195. The molecule has 0 amide bonds. The van der Waals surface area contributed by atoms with Crippen molar-refractivity contribution in [3.05, 3.63) is 41.5 Å². The van der Waals surface area contributed by atoms with Gasteiger partial charge >= 0.3 is 0 Å². The number of hydrogen-bond acceptors (Lipinski definition) is 4. The van der Waals surface area contributed by atoms with E-state index in [-0.39, 0.29) is 6.04 Å². The molecule has 0 aliphatic heterocycles. The summed E-state index contributed by atoms with van der Waals surface area (Å²) in [5, 5.41) is 11.7. The Morgan fingerprint density at radius 3 is 2.58 bits per heavy atom. The van der Waals surface area contributed by atoms with Crippen LogP contribution in [0.25, 0.3) is 11.3 Å². The molecule has 100 valence electrons. The fourth-order valence-corrected chi connectivity index (χ4v) is 1.88. The molecule has 0 spiro atoms. The third kappa shape index (κ3) is 3.29. The minimum atomic E-state index is 0.195. The van der Waals surface area contributed by atoms with Gasteiger partial charge in [-0.15, -0.1) is 10.2 Å². The van der Waals surface area contributed by atoms with Crippen LogP contribution in [0.5, 0.6) is 0 Å². The first kappa shape index (κ1) is 13.5. The van der Waals surface area contributed by atoms with E-state index in [1.807, 2.05) is 19.1 Å². The van der Waals surface area contributed by atoms with E-state index in [1.165, 1.54) is 11.1 Å². The zero-order chi connectivity index (χ0) is 13.8. The largest absolute Gasteiger partial charge is 0.365 e. The van der Waals surface area contributed by atoms with Crippen LogP contribution in [0.3, 0.4) is 0 Å². The normalized spacial score (nSPS) is 12.2. The van der Waals surface area contributed by atoms with E-state index >= 15 is 0 Å². The lowest BCUT2D eigenvalue weighted by molar-refractivity contribution is 0.792. The second-order valence-corrected chi connectivity index (χ2v) is 4.90. The number of benzene rings is 1. The first-order chi connectivity index (χ1) is 9.10. The van der Waals surface area contributed by atoms with Crippen LogP contribution in [-0.2, 0) is 0 Å². The van der Waals surface area contributed by atoms with Gasteiger partial charge < -0.3 is 11.1 Å². The van der Waals surface area contributed by atoms with Crippen LogP contribution in [0, 0.1) is 13.8 Å². The van der Waals surface area contributed by atoms with E-state index in [9.17, 15) is 0 Å². The van der Waals surface area contributed by atoms with Gasteiger partial charge in [0.1, 0.15) is 5.82 Å². The molecule has 2 aromatic rings. The van der Waals surface area contributed by atoms with Crippen LogP contribution >= 0.6 is 0 Å². The quantitative estimate of drug-likeness (QED) is 0.882. The average Bonchev–Trinajstić information content (AvgIpc) is 2.42. The van der Waals surface area contributed by atoms with Gasteiger partial charge in [-0.05, 0) is 44.5 Å². The molecule has 0 aliphatic rings. The lowest BCUT2D eigenvalue weighted by atomic mass is 10.0. The molecule has 3 N–H and O–H groups in total. The van der Waals surface area contributed by atoms with Gasteiger partial charge in [0.05, 0.1) is 5.69 Å². The lowest BCUT2D eigenvalue weighted by Crippen LogP contribution is -2.25. The molecular formula is C15H20N4. The summed E-state index contributed by atoms with van der Waals surface area (Å²) in [7, 11) is 0. The fourth-order valence-electron chi connectivity index (χ4n) is 1.88. The number of hydrogen-bond donors (Lipinski definition) is 2. The Bertz CT molecular complexity index is 549. The molecule has 1 unspecified atom stereocenters. The van der Waals surface area contributed by atoms with E-state index in [1.54, 1.807) is 0 Å². The Kier molecular flexibility index (Phi) is 4.12. The molecule has 4 nitrogen and oxygen atoms in total. The first-order valence-corrected chi connectivity index (χ1v) is 6.48. The Balaban J connectivity index is 2.25. The predicted molar refractivity (Wildman–Crippen MR) is 79.1 cm³/mol. The van der Waals surface area contributed by atoms with Gasteiger partial charge in [-0.3, -0.25) is 0 Å². The molecule has 0 radical (unpaired) electrons. The SMILES string of the molecule is Cc1ccc(C)c(-c2ccc(NC(C)CN)nn2)c1. The molecule has 1 aromatic carbocycles. The first-order valence-electron chi connectivity index (χ1n) is 6.48. The van der Waals surface area contributed by atoms with E-state index < -0.39 is 0 Å². The van der Waals surface area contributed by atoms with Crippen molar-refractivity contribution in [3.63, 3.8) is 0 Å². The van der Waals surface area contributed by atoms with Gasteiger partial charge in [-0.2, -0.15) is 0 Å². The van der Waals surface area contributed by atoms with Gasteiger partial charge in [-0.1, -0.05) is 17.7 Å². The average molecular weight is 256 g/mol. The third-order valence-corrected chi connectivity index (χ3v) is 3.08. The summed E-state index contributed by atoms with van der Waals surface area (Å²) in [6.45, 7) is 6.75. The van der Waals surface area contributed by atoms with E-state index in [4.69, 9.17) is 5.73 Å². The molecule has 0 saturated heterocycles. The van der Waals surface area contributed by atoms with Crippen LogP contribution in [0.1, 0.15) is 18.1 Å². The zero-order valence-electron chi connectivity index (χ0n) is 11.6. The highest BCUT2D eigenvalue weighted by Crippen LogP contribution is 2.22. The smallest absolute Gasteiger partial charge is 0.148 e. The van der Waals surface area contributed by atoms with Crippen LogP contribution < -0.4 is 11.1 Å². The standard InChI is InChI=1S/C15H20N4/c1-10-4-5-11(2)13(8-10)14-6-7-15(19-18-14)17-12(3)9-16/h4-8,12H,9,16H2,1-3H3,(H,17,19). The number of nitrogens with two attached hydrogens (primary N) is 1. The Morgan fingerprint density at radius 2 is 1.95 bits per heavy atom. The predicted octanol–water partition coefficient (Wildman–Crippen LogP) is 2.52. The van der Waals surface area contributed by atoms with Gasteiger partial charge in [0.2, 0.25) is 0 Å². The zero-order valence-corrected chi connectivity index (χ0v) is 11.6. The lowest BCUT2D eigenvalue weighted by Gasteiger charge is -2.12. The second-order valence-electron chi connectivity index (χ2n) is 4.90. The highest BCUT2D eigenvalue weighted by molar-refractivity contribution is 5.64. The molecule has 0 bridgehead atoms. The number of nitrogens with one attached hydrogen (secondary N) is 1. The van der Waals surface area contributed by atoms with Crippen LogP contribution in [0.15, 0.2) is 30.3 Å². The van der Waals surface area contributed by atoms with Gasteiger partial charge in [0, 0.05) is 18.2 Å². The summed E-state index contributed by atoms with van der Waals surface area (Å²) >= 11 is 0. The number of aryl methyl sites for hydroxylation is 2. The van der Waals surface area contributed by atoms with Crippen molar-refractivity contribution in [3.8, 4) is 11.3 Å². The molecule has 2 rings (SSSR count). The van der Waals surface area contributed by atoms with Crippen molar-refractivity contribution in [2.75, 3.05) is 11.9 Å². The van der Waals surface area contributed by atoms with Crippen molar-refractivity contribution < 1.29 is 0 Å². The number of nitrogens with zero attached hydrogens (tertiary/aromatic N) is 2. The number of rotatable bonds is 4. The third-order valence-electron chi connectivity index (χ3n) is 3.08. The van der Waals surface area contributed by atoms with Crippen LogP contribution in [-0.4, -0.2) is 22.8 Å². The summed E-state index contributed by atoms with van der Waals surface area (Å²) in [5.74, 6) is 0.756. The summed E-state index contributed by atoms with van der Waals surface area (Å²) in [6, 6.07) is 10.5. The molecule has 1 atom stereocenters. The maximum absolute atomic E-state index is 5.57. The summed E-state index contributed by atoms with van der Waals surface area (Å²) < 4.78 is 0. The highest BCUT2D eigenvalue weighted by Gasteiger charge is 2.06. The van der Waals surface area contributed by atoms with Crippen LogP contribution in [0.4, 0.5) is 5.82 Å². The monoisotopic (exact) mass is 256 g/mol. The summed E-state index contributed by atoms with van der Waals surface area (Å²) in [6.07, 6.45) is 0. The van der Waals surface area contributed by atoms with Crippen molar-refractivity contribution in [2.24, 2.45) is 5.73 Å². The van der Waals surface area contributed by atoms with Gasteiger partial charge in [-0.25, -0.2) is 0 Å². The molecule has 1 aromatic heterocycles.